The van der Waals surface area contributed by atoms with Crippen LogP contribution in [-0.2, 0) is 0 Å². The van der Waals surface area contributed by atoms with Gasteiger partial charge in [-0.2, -0.15) is 4.99 Å². The molecular formula is C21H11Cl2N3O2S2. The fourth-order valence-electron chi connectivity index (χ4n) is 2.89. The zero-order valence-electron chi connectivity index (χ0n) is 15.0. The maximum atomic E-state index is 9.80. The maximum Gasteiger partial charge on any atom is 0.232 e. The Hall–Kier alpha value is -2.71. The number of hydrogen-bond donors (Lipinski definition) is 1. The van der Waals surface area contributed by atoms with Crippen molar-refractivity contribution in [2.24, 2.45) is 4.99 Å². The summed E-state index contributed by atoms with van der Waals surface area (Å²) in [6.07, 6.45) is 1.68. The molecule has 30 heavy (non-hydrogen) atoms. The van der Waals surface area contributed by atoms with Gasteiger partial charge in [-0.15, -0.1) is 22.7 Å². The second-order valence-electron chi connectivity index (χ2n) is 6.28. The van der Waals surface area contributed by atoms with Gasteiger partial charge < -0.3 is 9.52 Å². The Labute approximate surface area is 188 Å². The van der Waals surface area contributed by atoms with Gasteiger partial charge >= 0.3 is 0 Å². The van der Waals surface area contributed by atoms with Crippen molar-refractivity contribution in [3.05, 3.63) is 75.0 Å². The molecule has 0 fully saturated rings. The van der Waals surface area contributed by atoms with E-state index in [9.17, 15) is 5.11 Å². The summed E-state index contributed by atoms with van der Waals surface area (Å²) in [5.74, 6) is 0.121. The minimum Gasteiger partial charge on any atom is -0.508 e. The molecule has 3 heterocycles. The summed E-state index contributed by atoms with van der Waals surface area (Å²) in [5, 5.41) is 16.7. The Morgan fingerprint density at radius 3 is 2.70 bits per heavy atom. The minimum absolute atomic E-state index is 0.121. The Kier molecular flexibility index (Phi) is 5.04. The third-order valence-corrected chi connectivity index (χ3v) is 6.58. The van der Waals surface area contributed by atoms with Crippen LogP contribution in [0.1, 0.15) is 0 Å². The van der Waals surface area contributed by atoms with E-state index in [1.54, 1.807) is 36.5 Å². The van der Waals surface area contributed by atoms with Crippen LogP contribution >= 0.6 is 45.9 Å². The number of fused-ring (bicyclic) bond motifs is 1. The second-order valence-corrected chi connectivity index (χ2v) is 8.83. The third kappa shape index (κ3) is 3.73. The molecule has 0 atom stereocenters. The van der Waals surface area contributed by atoms with E-state index in [0.717, 1.165) is 27.2 Å². The highest BCUT2D eigenvalue weighted by Crippen LogP contribution is 2.33. The van der Waals surface area contributed by atoms with E-state index in [1.165, 1.54) is 22.7 Å². The normalized spacial score (nSPS) is 12.0. The zero-order chi connectivity index (χ0) is 20.7. The predicted octanol–water partition coefficient (Wildman–Crippen LogP) is 6.92. The highest BCUT2D eigenvalue weighted by atomic mass is 35.5. The molecule has 5 nitrogen and oxygen atoms in total. The van der Waals surface area contributed by atoms with E-state index in [0.29, 0.717) is 26.3 Å². The summed E-state index contributed by atoms with van der Waals surface area (Å²) in [7, 11) is 0. The van der Waals surface area contributed by atoms with Gasteiger partial charge in [0.15, 0.2) is 0 Å². The SMILES string of the molecule is Oc1ccc2cc(-c3nc(-c4ccc(Cl)c(Cl)c4)cs3)/c(=N/c3nccs3)oc2c1. The van der Waals surface area contributed by atoms with E-state index < -0.39 is 0 Å². The molecule has 5 aromatic rings. The molecule has 0 radical (unpaired) electrons. The molecule has 0 aliphatic carbocycles. The number of aromatic hydroxyl groups is 1. The lowest BCUT2D eigenvalue weighted by molar-refractivity contribution is 0.472. The van der Waals surface area contributed by atoms with Crippen molar-refractivity contribution in [1.29, 1.82) is 0 Å². The average molecular weight is 472 g/mol. The lowest BCUT2D eigenvalue weighted by Gasteiger charge is -2.03. The van der Waals surface area contributed by atoms with Crippen LogP contribution in [0.3, 0.4) is 0 Å². The quantitative estimate of drug-likeness (QED) is 0.309. The predicted molar refractivity (Wildman–Crippen MR) is 122 cm³/mol. The van der Waals surface area contributed by atoms with Crippen molar-refractivity contribution in [2.75, 3.05) is 0 Å². The fourth-order valence-corrected chi connectivity index (χ4v) is 4.52. The van der Waals surface area contributed by atoms with Gasteiger partial charge in [0.05, 0.1) is 21.3 Å². The van der Waals surface area contributed by atoms with Gasteiger partial charge in [-0.3, -0.25) is 0 Å². The molecule has 0 amide bonds. The van der Waals surface area contributed by atoms with Gasteiger partial charge in [-0.05, 0) is 30.3 Å². The first-order valence-electron chi connectivity index (χ1n) is 8.69. The Balaban J connectivity index is 1.69. The number of rotatable bonds is 3. The highest BCUT2D eigenvalue weighted by molar-refractivity contribution is 7.13. The van der Waals surface area contributed by atoms with Gasteiger partial charge in [-0.25, -0.2) is 9.97 Å². The summed E-state index contributed by atoms with van der Waals surface area (Å²) in [6.45, 7) is 0. The molecule has 9 heteroatoms. The molecule has 0 unspecified atom stereocenters. The Morgan fingerprint density at radius 2 is 1.90 bits per heavy atom. The molecule has 0 aliphatic heterocycles. The van der Waals surface area contributed by atoms with Crippen LogP contribution in [0.25, 0.3) is 32.8 Å². The van der Waals surface area contributed by atoms with Crippen LogP contribution in [0.2, 0.25) is 10.0 Å². The Bertz CT molecular complexity index is 1440. The summed E-state index contributed by atoms with van der Waals surface area (Å²) >= 11 is 15.1. The zero-order valence-corrected chi connectivity index (χ0v) is 18.2. The summed E-state index contributed by atoms with van der Waals surface area (Å²) < 4.78 is 6.02. The highest BCUT2D eigenvalue weighted by Gasteiger charge is 2.13. The van der Waals surface area contributed by atoms with Crippen molar-refractivity contribution in [3.63, 3.8) is 0 Å². The molecule has 148 valence electrons. The van der Waals surface area contributed by atoms with Gasteiger partial charge in [0.2, 0.25) is 10.7 Å². The summed E-state index contributed by atoms with van der Waals surface area (Å²) in [5.41, 5.74) is 3.28. The lowest BCUT2D eigenvalue weighted by atomic mass is 10.1. The van der Waals surface area contributed by atoms with Gasteiger partial charge in [0.25, 0.3) is 0 Å². The van der Waals surface area contributed by atoms with Crippen LogP contribution in [0.5, 0.6) is 5.75 Å². The van der Waals surface area contributed by atoms with Crippen LogP contribution < -0.4 is 5.55 Å². The molecule has 5 rings (SSSR count). The van der Waals surface area contributed by atoms with Gasteiger partial charge in [-0.1, -0.05) is 29.3 Å². The number of phenols is 1. The van der Waals surface area contributed by atoms with Crippen LogP contribution in [0.4, 0.5) is 5.13 Å². The third-order valence-electron chi connectivity index (χ3n) is 4.30. The van der Waals surface area contributed by atoms with E-state index in [2.05, 4.69) is 9.98 Å². The fraction of sp³-hybridized carbons (Fsp3) is 0. The number of hydrogen-bond acceptors (Lipinski definition) is 7. The smallest absolute Gasteiger partial charge is 0.232 e. The number of halogens is 2. The standard InChI is InChI=1S/C21H11Cl2N3O2S2/c22-15-4-2-11(8-16(15)23)17-10-30-20(25-17)14-7-12-1-3-13(27)9-18(12)28-19(14)26-21-24-5-6-29-21/h1-10,27H/b26-19-. The monoisotopic (exact) mass is 471 g/mol. The molecule has 0 saturated carbocycles. The molecular weight excluding hydrogens is 461 g/mol. The van der Waals surface area contributed by atoms with Crippen LogP contribution in [0.15, 0.2) is 68.8 Å². The number of aromatic nitrogens is 2. The second kappa shape index (κ2) is 7.85. The molecule has 3 aromatic heterocycles. The van der Waals surface area contributed by atoms with Crippen LogP contribution in [-0.4, -0.2) is 15.1 Å². The van der Waals surface area contributed by atoms with Crippen molar-refractivity contribution in [2.45, 2.75) is 0 Å². The summed E-state index contributed by atoms with van der Waals surface area (Å²) in [4.78, 5) is 13.5. The average Bonchev–Trinajstić information content (AvgIpc) is 3.42. The van der Waals surface area contributed by atoms with Crippen molar-refractivity contribution in [3.8, 4) is 27.6 Å². The van der Waals surface area contributed by atoms with Crippen molar-refractivity contribution in [1.82, 2.24) is 9.97 Å². The number of thiazole rings is 2. The van der Waals surface area contributed by atoms with E-state index in [-0.39, 0.29) is 5.75 Å². The summed E-state index contributed by atoms with van der Waals surface area (Å²) in [6, 6.07) is 12.3. The van der Waals surface area contributed by atoms with Crippen molar-refractivity contribution >= 4 is 62.0 Å². The van der Waals surface area contributed by atoms with E-state index >= 15 is 0 Å². The van der Waals surface area contributed by atoms with Gasteiger partial charge in [0, 0.05) is 34.0 Å². The molecule has 2 aromatic carbocycles. The van der Waals surface area contributed by atoms with Crippen LogP contribution in [0, 0.1) is 0 Å². The maximum absolute atomic E-state index is 9.80. The van der Waals surface area contributed by atoms with Gasteiger partial charge in [0.1, 0.15) is 16.3 Å². The molecule has 0 bridgehead atoms. The first kappa shape index (κ1) is 19.3. The molecule has 1 N–H and O–H groups in total. The number of nitrogens with zero attached hydrogens (tertiary/aromatic N) is 3. The first-order chi connectivity index (χ1) is 14.6. The molecule has 0 spiro atoms. The van der Waals surface area contributed by atoms with E-state index in [4.69, 9.17) is 32.6 Å². The lowest BCUT2D eigenvalue weighted by Crippen LogP contribution is -2.05. The Morgan fingerprint density at radius 1 is 1.00 bits per heavy atom. The largest absolute Gasteiger partial charge is 0.508 e. The van der Waals surface area contributed by atoms with E-state index in [1.807, 2.05) is 22.9 Å². The minimum atomic E-state index is 0.121. The molecule has 0 saturated heterocycles. The number of phenolic OH excluding ortho intramolecular Hbond substituents is 1. The van der Waals surface area contributed by atoms with Crippen molar-refractivity contribution < 1.29 is 9.52 Å². The molecule has 0 aliphatic rings. The number of benzene rings is 2. The topological polar surface area (TPSA) is 71.5 Å². The first-order valence-corrected chi connectivity index (χ1v) is 11.2.